The summed E-state index contributed by atoms with van der Waals surface area (Å²) in [6, 6.07) is 9.22. The van der Waals surface area contributed by atoms with Crippen LogP contribution in [0.15, 0.2) is 46.7 Å². The summed E-state index contributed by atoms with van der Waals surface area (Å²) in [6.07, 6.45) is 1.81. The van der Waals surface area contributed by atoms with Crippen molar-refractivity contribution in [2.75, 3.05) is 7.11 Å². The third kappa shape index (κ3) is 2.32. The molecule has 0 aliphatic rings. The van der Waals surface area contributed by atoms with Crippen LogP contribution in [0.3, 0.4) is 0 Å². The largest absolute Gasteiger partial charge is 0.496 e. The molecular formula is C15H12ClNO2S. The quantitative estimate of drug-likeness (QED) is 0.737. The maximum absolute atomic E-state index is 12.4. The summed E-state index contributed by atoms with van der Waals surface area (Å²) in [5, 5.41) is 3.31. The maximum Gasteiger partial charge on any atom is 0.259 e. The Morgan fingerprint density at radius 1 is 1.30 bits per heavy atom. The van der Waals surface area contributed by atoms with E-state index in [2.05, 4.69) is 0 Å². The highest BCUT2D eigenvalue weighted by Crippen LogP contribution is 2.23. The van der Waals surface area contributed by atoms with Gasteiger partial charge in [0, 0.05) is 21.5 Å². The molecule has 2 heterocycles. The topological polar surface area (TPSA) is 31.2 Å². The molecule has 3 nitrogen and oxygen atoms in total. The first-order valence-electron chi connectivity index (χ1n) is 6.08. The predicted molar refractivity (Wildman–Crippen MR) is 83.2 cm³/mol. The molecule has 5 heteroatoms. The van der Waals surface area contributed by atoms with Crippen LogP contribution in [-0.4, -0.2) is 11.7 Å². The van der Waals surface area contributed by atoms with Gasteiger partial charge in [0.15, 0.2) is 0 Å². The number of methoxy groups -OCH3 is 1. The van der Waals surface area contributed by atoms with Gasteiger partial charge in [0.2, 0.25) is 0 Å². The second kappa shape index (κ2) is 5.31. The van der Waals surface area contributed by atoms with Crippen LogP contribution in [0.5, 0.6) is 5.75 Å². The second-order valence-electron chi connectivity index (χ2n) is 4.40. The molecule has 3 rings (SSSR count). The molecule has 0 unspecified atom stereocenters. The fourth-order valence-corrected chi connectivity index (χ4v) is 3.15. The number of pyridine rings is 1. The second-order valence-corrected chi connectivity index (χ2v) is 5.79. The number of aromatic nitrogens is 1. The van der Waals surface area contributed by atoms with Crippen LogP contribution in [0, 0.1) is 0 Å². The fourth-order valence-electron chi connectivity index (χ4n) is 2.19. The Labute approximate surface area is 125 Å². The molecule has 0 aliphatic heterocycles. The van der Waals surface area contributed by atoms with Crippen molar-refractivity contribution < 1.29 is 4.74 Å². The molecule has 3 aromatic rings. The van der Waals surface area contributed by atoms with Crippen molar-refractivity contribution in [2.24, 2.45) is 0 Å². The van der Waals surface area contributed by atoms with E-state index in [1.807, 2.05) is 35.8 Å². The number of nitrogens with zero attached hydrogens (tertiary/aromatic N) is 1. The highest BCUT2D eigenvalue weighted by molar-refractivity contribution is 7.17. The van der Waals surface area contributed by atoms with Gasteiger partial charge < -0.3 is 9.30 Å². The van der Waals surface area contributed by atoms with E-state index in [1.54, 1.807) is 29.1 Å². The third-order valence-electron chi connectivity index (χ3n) is 3.18. The summed E-state index contributed by atoms with van der Waals surface area (Å²) in [5.74, 6) is 0.728. The molecule has 0 amide bonds. The van der Waals surface area contributed by atoms with E-state index >= 15 is 0 Å². The van der Waals surface area contributed by atoms with Crippen LogP contribution < -0.4 is 10.3 Å². The molecule has 0 aliphatic carbocycles. The molecule has 0 N–H and O–H groups in total. The Hall–Kier alpha value is -1.78. The van der Waals surface area contributed by atoms with E-state index in [-0.39, 0.29) is 5.56 Å². The Bertz CT molecular complexity index is 822. The van der Waals surface area contributed by atoms with E-state index < -0.39 is 0 Å². The van der Waals surface area contributed by atoms with Gasteiger partial charge in [-0.2, -0.15) is 0 Å². The van der Waals surface area contributed by atoms with Crippen molar-refractivity contribution in [3.05, 3.63) is 62.8 Å². The molecule has 1 aromatic carbocycles. The molecule has 20 heavy (non-hydrogen) atoms. The lowest BCUT2D eigenvalue weighted by molar-refractivity contribution is 0.408. The number of hydrogen-bond donors (Lipinski definition) is 0. The fraction of sp³-hybridized carbons (Fsp3) is 0.133. The zero-order valence-corrected chi connectivity index (χ0v) is 12.4. The summed E-state index contributed by atoms with van der Waals surface area (Å²) < 4.78 is 7.99. The number of fused-ring (bicyclic) bond motifs is 1. The highest BCUT2D eigenvalue weighted by Gasteiger charge is 2.08. The predicted octanol–water partition coefficient (Wildman–Crippen LogP) is 3.77. The summed E-state index contributed by atoms with van der Waals surface area (Å²) in [4.78, 5) is 12.4. The summed E-state index contributed by atoms with van der Waals surface area (Å²) in [7, 11) is 1.61. The average molecular weight is 306 g/mol. The van der Waals surface area contributed by atoms with Crippen molar-refractivity contribution in [2.45, 2.75) is 6.54 Å². The summed E-state index contributed by atoms with van der Waals surface area (Å²) >= 11 is 7.58. The number of benzene rings is 1. The van der Waals surface area contributed by atoms with Crippen LogP contribution in [-0.2, 0) is 6.54 Å². The lowest BCUT2D eigenvalue weighted by Gasteiger charge is -2.11. The van der Waals surface area contributed by atoms with Gasteiger partial charge in [-0.25, -0.2) is 0 Å². The Balaban J connectivity index is 2.07. The van der Waals surface area contributed by atoms with E-state index in [1.165, 1.54) is 0 Å². The molecule has 0 bridgehead atoms. The van der Waals surface area contributed by atoms with Crippen LogP contribution in [0.1, 0.15) is 5.56 Å². The number of hydrogen-bond acceptors (Lipinski definition) is 3. The van der Waals surface area contributed by atoms with Gasteiger partial charge in [0.25, 0.3) is 5.56 Å². The number of halogens is 1. The lowest BCUT2D eigenvalue weighted by Crippen LogP contribution is -2.19. The van der Waals surface area contributed by atoms with Crippen molar-refractivity contribution in [1.29, 1.82) is 0 Å². The van der Waals surface area contributed by atoms with Crippen molar-refractivity contribution in [3.8, 4) is 5.75 Å². The van der Waals surface area contributed by atoms with Gasteiger partial charge in [-0.15, -0.1) is 11.3 Å². The van der Waals surface area contributed by atoms with E-state index in [0.29, 0.717) is 11.6 Å². The van der Waals surface area contributed by atoms with Gasteiger partial charge in [-0.05, 0) is 35.7 Å². The molecule has 0 fully saturated rings. The molecule has 0 radical (unpaired) electrons. The van der Waals surface area contributed by atoms with Gasteiger partial charge >= 0.3 is 0 Å². The molecule has 102 valence electrons. The Morgan fingerprint density at radius 2 is 2.15 bits per heavy atom. The smallest absolute Gasteiger partial charge is 0.259 e. The first kappa shape index (κ1) is 13.2. The zero-order chi connectivity index (χ0) is 14.1. The van der Waals surface area contributed by atoms with Crippen LogP contribution in [0.4, 0.5) is 0 Å². The lowest BCUT2D eigenvalue weighted by atomic mass is 10.2. The van der Waals surface area contributed by atoms with Gasteiger partial charge in [0.05, 0.1) is 19.0 Å². The van der Waals surface area contributed by atoms with Gasteiger partial charge in [-0.1, -0.05) is 11.6 Å². The highest BCUT2D eigenvalue weighted by atomic mass is 35.5. The minimum atomic E-state index is 0.00535. The van der Waals surface area contributed by atoms with E-state index in [0.717, 1.165) is 21.4 Å². The van der Waals surface area contributed by atoms with Crippen molar-refractivity contribution in [1.82, 2.24) is 4.57 Å². The van der Waals surface area contributed by atoms with Crippen LogP contribution in [0.2, 0.25) is 5.02 Å². The first-order chi connectivity index (χ1) is 9.69. The summed E-state index contributed by atoms with van der Waals surface area (Å²) in [5.41, 5.74) is 0.891. The number of rotatable bonds is 3. The zero-order valence-electron chi connectivity index (χ0n) is 10.8. The first-order valence-corrected chi connectivity index (χ1v) is 7.34. The minimum Gasteiger partial charge on any atom is -0.496 e. The van der Waals surface area contributed by atoms with E-state index in [9.17, 15) is 4.79 Å². The minimum absolute atomic E-state index is 0.00535. The molecule has 2 aromatic heterocycles. The third-order valence-corrected chi connectivity index (χ3v) is 4.29. The maximum atomic E-state index is 12.4. The van der Waals surface area contributed by atoms with Gasteiger partial charge in [-0.3, -0.25) is 4.79 Å². The van der Waals surface area contributed by atoms with Crippen LogP contribution in [0.25, 0.3) is 10.1 Å². The monoisotopic (exact) mass is 305 g/mol. The SMILES string of the molecule is COc1ccc(Cl)cc1Cn1ccc2sccc2c1=O. The molecule has 0 spiro atoms. The Kier molecular flexibility index (Phi) is 3.51. The normalized spacial score (nSPS) is 10.9. The standard InChI is InChI=1S/C15H12ClNO2S/c1-19-13-3-2-11(16)8-10(13)9-17-6-4-14-12(15(17)18)5-7-20-14/h2-8H,9H2,1H3. The van der Waals surface area contributed by atoms with Crippen molar-refractivity contribution in [3.63, 3.8) is 0 Å². The Morgan fingerprint density at radius 3 is 2.95 bits per heavy atom. The van der Waals surface area contributed by atoms with Crippen molar-refractivity contribution >= 4 is 33.0 Å². The number of ether oxygens (including phenoxy) is 1. The molecule has 0 saturated heterocycles. The summed E-state index contributed by atoms with van der Waals surface area (Å²) in [6.45, 7) is 0.439. The molecule has 0 saturated carbocycles. The van der Waals surface area contributed by atoms with Gasteiger partial charge in [0.1, 0.15) is 5.75 Å². The number of thiophene rings is 1. The van der Waals surface area contributed by atoms with Crippen LogP contribution >= 0.6 is 22.9 Å². The molecular weight excluding hydrogens is 294 g/mol. The van der Waals surface area contributed by atoms with E-state index in [4.69, 9.17) is 16.3 Å². The average Bonchev–Trinajstić information content (AvgIpc) is 2.91. The molecule has 0 atom stereocenters.